The highest BCUT2D eigenvalue weighted by Gasteiger charge is 2.37. The number of carbonyl (C=O) groups excluding carboxylic acids is 1. The van der Waals surface area contributed by atoms with Crippen LogP contribution in [0.25, 0.3) is 0 Å². The van der Waals surface area contributed by atoms with Crippen molar-refractivity contribution in [2.75, 3.05) is 13.1 Å². The first kappa shape index (κ1) is 14.3. The minimum atomic E-state index is -0.114. The van der Waals surface area contributed by atoms with Crippen molar-refractivity contribution in [2.45, 2.75) is 32.1 Å². The van der Waals surface area contributed by atoms with Crippen LogP contribution in [0.3, 0.4) is 0 Å². The number of halogens is 1. The molecule has 2 heterocycles. The summed E-state index contributed by atoms with van der Waals surface area (Å²) in [7, 11) is 0. The molecule has 4 nitrogen and oxygen atoms in total. The maximum atomic E-state index is 12.4. The van der Waals surface area contributed by atoms with Gasteiger partial charge in [-0.25, -0.2) is 4.98 Å². The SMILES string of the molecule is N#Cc1cnc(C(=O)N2CC(C3CCCCC3)C2)c(Cl)c1. The van der Waals surface area contributed by atoms with Crippen molar-refractivity contribution in [3.05, 3.63) is 28.5 Å². The molecule has 0 spiro atoms. The second-order valence-corrected chi connectivity index (χ2v) is 6.44. The van der Waals surface area contributed by atoms with Gasteiger partial charge < -0.3 is 4.90 Å². The molecule has 3 rings (SSSR count). The number of amides is 1. The molecule has 110 valence electrons. The molecule has 1 aromatic rings. The second-order valence-electron chi connectivity index (χ2n) is 6.03. The standard InChI is InChI=1S/C16H18ClN3O/c17-14-6-11(7-18)8-19-15(14)16(21)20-9-13(10-20)12-4-2-1-3-5-12/h6,8,12-13H,1-5,9-10H2. The van der Waals surface area contributed by atoms with Gasteiger partial charge in [-0.15, -0.1) is 0 Å². The van der Waals surface area contributed by atoms with E-state index in [0.717, 1.165) is 19.0 Å². The average Bonchev–Trinajstić information content (AvgIpc) is 2.46. The molecule has 1 saturated heterocycles. The molecule has 0 bridgehead atoms. The molecule has 1 amide bonds. The van der Waals surface area contributed by atoms with Gasteiger partial charge >= 0.3 is 0 Å². The number of carbonyl (C=O) groups is 1. The fourth-order valence-electron chi connectivity index (χ4n) is 3.39. The lowest BCUT2D eigenvalue weighted by Crippen LogP contribution is -2.53. The van der Waals surface area contributed by atoms with E-state index in [4.69, 9.17) is 16.9 Å². The van der Waals surface area contributed by atoms with Gasteiger partial charge in [-0.2, -0.15) is 5.26 Å². The lowest BCUT2D eigenvalue weighted by atomic mass is 9.76. The highest BCUT2D eigenvalue weighted by molar-refractivity contribution is 6.33. The Morgan fingerprint density at radius 1 is 1.29 bits per heavy atom. The Morgan fingerprint density at radius 2 is 2.00 bits per heavy atom. The Balaban J connectivity index is 1.61. The number of hydrogen-bond acceptors (Lipinski definition) is 3. The van der Waals surface area contributed by atoms with Crippen molar-refractivity contribution >= 4 is 17.5 Å². The Bertz CT molecular complexity index is 584. The van der Waals surface area contributed by atoms with Crippen LogP contribution >= 0.6 is 11.6 Å². The number of hydrogen-bond donors (Lipinski definition) is 0. The summed E-state index contributed by atoms with van der Waals surface area (Å²) < 4.78 is 0. The average molecular weight is 304 g/mol. The maximum absolute atomic E-state index is 12.4. The molecule has 0 aromatic carbocycles. The minimum Gasteiger partial charge on any atom is -0.337 e. The number of aromatic nitrogens is 1. The number of nitrogens with zero attached hydrogens (tertiary/aromatic N) is 3. The van der Waals surface area contributed by atoms with Gasteiger partial charge in [-0.05, 0) is 17.9 Å². The fourth-order valence-corrected chi connectivity index (χ4v) is 3.64. The number of rotatable bonds is 2. The van der Waals surface area contributed by atoms with Crippen LogP contribution in [0.2, 0.25) is 5.02 Å². The van der Waals surface area contributed by atoms with Crippen molar-refractivity contribution in [3.8, 4) is 6.07 Å². The molecule has 5 heteroatoms. The maximum Gasteiger partial charge on any atom is 0.274 e. The van der Waals surface area contributed by atoms with Gasteiger partial charge in [0.05, 0.1) is 10.6 Å². The summed E-state index contributed by atoms with van der Waals surface area (Å²) in [6.45, 7) is 1.64. The fraction of sp³-hybridized carbons (Fsp3) is 0.562. The van der Waals surface area contributed by atoms with E-state index in [2.05, 4.69) is 4.98 Å². The third kappa shape index (κ3) is 2.89. The molecule has 21 heavy (non-hydrogen) atoms. The lowest BCUT2D eigenvalue weighted by molar-refractivity contribution is 0.0299. The molecule has 1 aromatic heterocycles. The largest absolute Gasteiger partial charge is 0.337 e. The molecule has 2 fully saturated rings. The van der Waals surface area contributed by atoms with Gasteiger partial charge in [-0.1, -0.05) is 43.7 Å². The number of likely N-dealkylation sites (tertiary alicyclic amines) is 1. The van der Waals surface area contributed by atoms with E-state index in [0.29, 0.717) is 11.5 Å². The van der Waals surface area contributed by atoms with Crippen molar-refractivity contribution in [3.63, 3.8) is 0 Å². The predicted octanol–water partition coefficient (Wildman–Crippen LogP) is 3.26. The Kier molecular flexibility index (Phi) is 4.12. The predicted molar refractivity (Wildman–Crippen MR) is 79.9 cm³/mol. The van der Waals surface area contributed by atoms with Gasteiger partial charge in [-0.3, -0.25) is 4.79 Å². The topological polar surface area (TPSA) is 57.0 Å². The van der Waals surface area contributed by atoms with Crippen molar-refractivity contribution in [1.29, 1.82) is 5.26 Å². The zero-order valence-electron chi connectivity index (χ0n) is 11.9. The van der Waals surface area contributed by atoms with Crippen molar-refractivity contribution < 1.29 is 4.79 Å². The van der Waals surface area contributed by atoms with Gasteiger partial charge in [0.15, 0.2) is 0 Å². The Labute approximate surface area is 129 Å². The van der Waals surface area contributed by atoms with Crippen LogP contribution in [0.5, 0.6) is 0 Å². The summed E-state index contributed by atoms with van der Waals surface area (Å²) in [6, 6.07) is 3.47. The van der Waals surface area contributed by atoms with Crippen LogP contribution in [0.15, 0.2) is 12.3 Å². The molecule has 0 unspecified atom stereocenters. The number of nitriles is 1. The summed E-state index contributed by atoms with van der Waals surface area (Å²) in [5.41, 5.74) is 0.637. The summed E-state index contributed by atoms with van der Waals surface area (Å²) in [5, 5.41) is 9.06. The summed E-state index contributed by atoms with van der Waals surface area (Å²) in [5.74, 6) is 1.31. The smallest absolute Gasteiger partial charge is 0.274 e. The first-order valence-electron chi connectivity index (χ1n) is 7.54. The first-order valence-corrected chi connectivity index (χ1v) is 7.91. The molecule has 1 aliphatic carbocycles. The van der Waals surface area contributed by atoms with Crippen LogP contribution in [0, 0.1) is 23.2 Å². The van der Waals surface area contributed by atoms with Crippen LogP contribution in [-0.2, 0) is 0 Å². The first-order chi connectivity index (χ1) is 10.2. The second kappa shape index (κ2) is 6.03. The quantitative estimate of drug-likeness (QED) is 0.842. The van der Waals surface area contributed by atoms with E-state index >= 15 is 0 Å². The molecular weight excluding hydrogens is 286 g/mol. The summed E-state index contributed by atoms with van der Waals surface area (Å²) in [4.78, 5) is 18.2. The van der Waals surface area contributed by atoms with E-state index < -0.39 is 0 Å². The van der Waals surface area contributed by atoms with E-state index in [-0.39, 0.29) is 16.6 Å². The highest BCUT2D eigenvalue weighted by atomic mass is 35.5. The van der Waals surface area contributed by atoms with Gasteiger partial charge in [0.2, 0.25) is 0 Å². The van der Waals surface area contributed by atoms with E-state index in [1.807, 2.05) is 11.0 Å². The molecule has 1 aliphatic heterocycles. The number of pyridine rings is 1. The zero-order chi connectivity index (χ0) is 14.8. The Morgan fingerprint density at radius 3 is 2.62 bits per heavy atom. The zero-order valence-corrected chi connectivity index (χ0v) is 12.6. The van der Waals surface area contributed by atoms with Crippen molar-refractivity contribution in [2.24, 2.45) is 11.8 Å². The molecule has 0 N–H and O–H groups in total. The molecular formula is C16H18ClN3O. The minimum absolute atomic E-state index is 0.114. The Hall–Kier alpha value is -1.60. The van der Waals surface area contributed by atoms with E-state index in [9.17, 15) is 4.79 Å². The molecule has 2 aliphatic rings. The third-order valence-electron chi connectivity index (χ3n) is 4.69. The monoisotopic (exact) mass is 303 g/mol. The summed E-state index contributed by atoms with van der Waals surface area (Å²) >= 11 is 6.05. The van der Waals surface area contributed by atoms with Crippen LogP contribution in [0.4, 0.5) is 0 Å². The normalized spacial score (nSPS) is 19.9. The van der Waals surface area contributed by atoms with Crippen LogP contribution in [0.1, 0.15) is 48.2 Å². The lowest BCUT2D eigenvalue weighted by Gasteiger charge is -2.44. The molecule has 1 saturated carbocycles. The van der Waals surface area contributed by atoms with E-state index in [1.165, 1.54) is 44.4 Å². The van der Waals surface area contributed by atoms with Gasteiger partial charge in [0.1, 0.15) is 11.8 Å². The van der Waals surface area contributed by atoms with Crippen molar-refractivity contribution in [1.82, 2.24) is 9.88 Å². The molecule has 0 atom stereocenters. The van der Waals surface area contributed by atoms with Gasteiger partial charge in [0.25, 0.3) is 5.91 Å². The molecule has 0 radical (unpaired) electrons. The highest BCUT2D eigenvalue weighted by Crippen LogP contribution is 2.35. The van der Waals surface area contributed by atoms with E-state index in [1.54, 1.807) is 0 Å². The van der Waals surface area contributed by atoms with Crippen LogP contribution in [-0.4, -0.2) is 28.9 Å². The third-order valence-corrected chi connectivity index (χ3v) is 4.97. The summed E-state index contributed by atoms with van der Waals surface area (Å²) in [6.07, 6.45) is 8.04. The van der Waals surface area contributed by atoms with Crippen LogP contribution < -0.4 is 0 Å². The van der Waals surface area contributed by atoms with Gasteiger partial charge in [0, 0.05) is 19.3 Å².